The van der Waals surface area contributed by atoms with Crippen molar-refractivity contribution < 1.29 is 13.9 Å². The first-order valence-corrected chi connectivity index (χ1v) is 8.09. The SMILES string of the molecule is Cc1ccc(OCCCNC(=O)NCCc2ccc(F)cc2)cc1. The first-order chi connectivity index (χ1) is 11.6. The summed E-state index contributed by atoms with van der Waals surface area (Å²) in [4.78, 5) is 11.6. The van der Waals surface area contributed by atoms with Gasteiger partial charge in [-0.3, -0.25) is 0 Å². The number of urea groups is 1. The highest BCUT2D eigenvalue weighted by Gasteiger charge is 2.00. The molecule has 2 aromatic rings. The first kappa shape index (κ1) is 17.8. The number of amides is 2. The van der Waals surface area contributed by atoms with E-state index >= 15 is 0 Å². The monoisotopic (exact) mass is 330 g/mol. The lowest BCUT2D eigenvalue weighted by Crippen LogP contribution is -2.37. The maximum Gasteiger partial charge on any atom is 0.314 e. The van der Waals surface area contributed by atoms with Crippen molar-refractivity contribution in [2.24, 2.45) is 0 Å². The molecule has 0 radical (unpaired) electrons. The lowest BCUT2D eigenvalue weighted by atomic mass is 10.1. The Morgan fingerprint density at radius 3 is 2.38 bits per heavy atom. The Hall–Kier alpha value is -2.56. The average Bonchev–Trinajstić information content (AvgIpc) is 2.58. The van der Waals surface area contributed by atoms with Gasteiger partial charge in [-0.1, -0.05) is 29.8 Å². The summed E-state index contributed by atoms with van der Waals surface area (Å²) in [5.74, 6) is 0.585. The molecule has 0 atom stereocenters. The van der Waals surface area contributed by atoms with E-state index in [1.165, 1.54) is 17.7 Å². The van der Waals surface area contributed by atoms with Crippen molar-refractivity contribution in [2.45, 2.75) is 19.8 Å². The van der Waals surface area contributed by atoms with Crippen LogP contribution in [0.2, 0.25) is 0 Å². The summed E-state index contributed by atoms with van der Waals surface area (Å²) < 4.78 is 18.4. The number of rotatable bonds is 8. The second-order valence-corrected chi connectivity index (χ2v) is 5.57. The fourth-order valence-corrected chi connectivity index (χ4v) is 2.13. The Bertz CT molecular complexity index is 627. The fraction of sp³-hybridized carbons (Fsp3) is 0.316. The van der Waals surface area contributed by atoms with Crippen LogP contribution in [0.4, 0.5) is 9.18 Å². The second kappa shape index (κ2) is 9.55. The van der Waals surface area contributed by atoms with E-state index in [1.54, 1.807) is 12.1 Å². The van der Waals surface area contributed by atoms with Crippen molar-refractivity contribution in [3.63, 3.8) is 0 Å². The Morgan fingerprint density at radius 2 is 1.67 bits per heavy atom. The average molecular weight is 330 g/mol. The van der Waals surface area contributed by atoms with Gasteiger partial charge in [0.05, 0.1) is 6.61 Å². The zero-order chi connectivity index (χ0) is 17.2. The van der Waals surface area contributed by atoms with Crippen LogP contribution in [0.15, 0.2) is 48.5 Å². The predicted octanol–water partition coefficient (Wildman–Crippen LogP) is 3.44. The maximum absolute atomic E-state index is 12.8. The summed E-state index contributed by atoms with van der Waals surface area (Å²) >= 11 is 0. The number of hydrogen-bond acceptors (Lipinski definition) is 2. The molecule has 128 valence electrons. The molecule has 0 aliphatic heterocycles. The third kappa shape index (κ3) is 6.69. The van der Waals surface area contributed by atoms with Crippen LogP contribution in [0.5, 0.6) is 5.75 Å². The number of halogens is 1. The lowest BCUT2D eigenvalue weighted by molar-refractivity contribution is 0.239. The summed E-state index contributed by atoms with van der Waals surface area (Å²) in [5.41, 5.74) is 2.18. The van der Waals surface area contributed by atoms with E-state index in [4.69, 9.17) is 4.74 Å². The van der Waals surface area contributed by atoms with E-state index in [2.05, 4.69) is 10.6 Å². The maximum atomic E-state index is 12.8. The van der Waals surface area contributed by atoms with Crippen molar-refractivity contribution in [2.75, 3.05) is 19.7 Å². The molecule has 0 fully saturated rings. The Balaban J connectivity index is 1.51. The molecule has 2 rings (SSSR count). The molecule has 0 spiro atoms. The Labute approximate surface area is 142 Å². The van der Waals surface area contributed by atoms with E-state index in [0.29, 0.717) is 26.1 Å². The summed E-state index contributed by atoms with van der Waals surface area (Å²) in [5, 5.41) is 5.56. The molecular weight excluding hydrogens is 307 g/mol. The van der Waals surface area contributed by atoms with Crippen LogP contribution in [0.3, 0.4) is 0 Å². The number of aryl methyl sites for hydroxylation is 1. The molecule has 0 unspecified atom stereocenters. The zero-order valence-corrected chi connectivity index (χ0v) is 13.8. The van der Waals surface area contributed by atoms with Crippen LogP contribution >= 0.6 is 0 Å². The molecule has 0 bridgehead atoms. The summed E-state index contributed by atoms with van der Waals surface area (Å²) in [6.07, 6.45) is 1.41. The van der Waals surface area contributed by atoms with Crippen molar-refractivity contribution in [1.82, 2.24) is 10.6 Å². The van der Waals surface area contributed by atoms with Crippen LogP contribution < -0.4 is 15.4 Å². The topological polar surface area (TPSA) is 50.4 Å². The normalized spacial score (nSPS) is 10.2. The molecule has 0 heterocycles. The van der Waals surface area contributed by atoms with E-state index in [1.807, 2.05) is 31.2 Å². The van der Waals surface area contributed by atoms with Gasteiger partial charge in [-0.2, -0.15) is 0 Å². The molecule has 0 aliphatic carbocycles. The highest BCUT2D eigenvalue weighted by Crippen LogP contribution is 2.11. The number of nitrogens with one attached hydrogen (secondary N) is 2. The van der Waals surface area contributed by atoms with Gasteiger partial charge in [0.25, 0.3) is 0 Å². The fourth-order valence-electron chi connectivity index (χ4n) is 2.13. The van der Waals surface area contributed by atoms with Gasteiger partial charge in [-0.15, -0.1) is 0 Å². The summed E-state index contributed by atoms with van der Waals surface area (Å²) in [6.45, 7) is 3.65. The first-order valence-electron chi connectivity index (χ1n) is 8.09. The number of carbonyl (C=O) groups excluding carboxylic acids is 1. The van der Waals surface area contributed by atoms with Crippen molar-refractivity contribution in [3.8, 4) is 5.75 Å². The predicted molar refractivity (Wildman–Crippen MR) is 92.8 cm³/mol. The Morgan fingerprint density at radius 1 is 1.00 bits per heavy atom. The minimum Gasteiger partial charge on any atom is -0.494 e. The van der Waals surface area contributed by atoms with Gasteiger partial charge in [0, 0.05) is 13.1 Å². The molecule has 2 N–H and O–H groups in total. The number of benzene rings is 2. The molecular formula is C19H23FN2O2. The molecule has 5 heteroatoms. The third-order valence-electron chi connectivity index (χ3n) is 3.51. The molecule has 0 aliphatic rings. The standard InChI is InChI=1S/C19H23FN2O2/c1-15-3-9-18(10-4-15)24-14-2-12-21-19(23)22-13-11-16-5-7-17(20)8-6-16/h3-10H,2,11-14H2,1H3,(H2,21,22,23). The van der Waals surface area contributed by atoms with Gasteiger partial charge in [0.1, 0.15) is 11.6 Å². The molecule has 0 aromatic heterocycles. The van der Waals surface area contributed by atoms with Gasteiger partial charge in [0.2, 0.25) is 0 Å². The van der Waals surface area contributed by atoms with Gasteiger partial charge in [-0.05, 0) is 49.6 Å². The highest BCUT2D eigenvalue weighted by molar-refractivity contribution is 5.73. The second-order valence-electron chi connectivity index (χ2n) is 5.57. The molecule has 2 amide bonds. The number of hydrogen-bond donors (Lipinski definition) is 2. The molecule has 0 saturated carbocycles. The zero-order valence-electron chi connectivity index (χ0n) is 13.8. The third-order valence-corrected chi connectivity index (χ3v) is 3.51. The minimum absolute atomic E-state index is 0.201. The van der Waals surface area contributed by atoms with Crippen LogP contribution in [-0.2, 0) is 6.42 Å². The van der Waals surface area contributed by atoms with Gasteiger partial charge >= 0.3 is 6.03 Å². The minimum atomic E-state index is -0.252. The van der Waals surface area contributed by atoms with E-state index < -0.39 is 0 Å². The van der Waals surface area contributed by atoms with Crippen LogP contribution in [0.1, 0.15) is 17.5 Å². The largest absolute Gasteiger partial charge is 0.494 e. The Kier molecular flexibility index (Phi) is 7.08. The lowest BCUT2D eigenvalue weighted by Gasteiger charge is -2.09. The van der Waals surface area contributed by atoms with E-state index in [9.17, 15) is 9.18 Å². The van der Waals surface area contributed by atoms with E-state index in [0.717, 1.165) is 17.7 Å². The van der Waals surface area contributed by atoms with E-state index in [-0.39, 0.29) is 11.8 Å². The van der Waals surface area contributed by atoms with Crippen LogP contribution in [0.25, 0.3) is 0 Å². The summed E-state index contributed by atoms with van der Waals surface area (Å²) in [7, 11) is 0. The number of carbonyl (C=O) groups is 1. The van der Waals surface area contributed by atoms with Gasteiger partial charge in [0.15, 0.2) is 0 Å². The molecule has 0 saturated heterocycles. The molecule has 24 heavy (non-hydrogen) atoms. The van der Waals surface area contributed by atoms with Crippen LogP contribution in [-0.4, -0.2) is 25.7 Å². The highest BCUT2D eigenvalue weighted by atomic mass is 19.1. The quantitative estimate of drug-likeness (QED) is 0.729. The van der Waals surface area contributed by atoms with Gasteiger partial charge < -0.3 is 15.4 Å². The van der Waals surface area contributed by atoms with Crippen molar-refractivity contribution >= 4 is 6.03 Å². The van der Waals surface area contributed by atoms with Gasteiger partial charge in [-0.25, -0.2) is 9.18 Å². The van der Waals surface area contributed by atoms with Crippen molar-refractivity contribution in [1.29, 1.82) is 0 Å². The van der Waals surface area contributed by atoms with Crippen LogP contribution in [0, 0.1) is 12.7 Å². The smallest absolute Gasteiger partial charge is 0.314 e. The molecule has 2 aromatic carbocycles. The summed E-state index contributed by atoms with van der Waals surface area (Å²) in [6, 6.07) is 14.0. The number of ether oxygens (including phenoxy) is 1. The molecule has 4 nitrogen and oxygen atoms in total. The van der Waals surface area contributed by atoms with Crippen molar-refractivity contribution in [3.05, 3.63) is 65.5 Å².